The van der Waals surface area contributed by atoms with Crippen LogP contribution in [0.1, 0.15) is 0 Å². The lowest BCUT2D eigenvalue weighted by molar-refractivity contribution is 1.29. The van der Waals surface area contributed by atoms with E-state index in [1.54, 1.807) is 0 Å². The van der Waals surface area contributed by atoms with Crippen LogP contribution in [0.2, 0.25) is 0 Å². The number of nitrogens with zero attached hydrogens (tertiary/aromatic N) is 1. The summed E-state index contributed by atoms with van der Waals surface area (Å²) in [5.74, 6) is 0. The Morgan fingerprint density at radius 2 is 0.571 bits per heavy atom. The molecule has 0 aliphatic carbocycles. The molecule has 3 heteroatoms. The highest BCUT2D eigenvalue weighted by atomic mass is 32.1. The van der Waals surface area contributed by atoms with Gasteiger partial charge in [0.05, 0.1) is 0 Å². The van der Waals surface area contributed by atoms with Crippen LogP contribution in [-0.2, 0) is 0 Å². The summed E-state index contributed by atoms with van der Waals surface area (Å²) < 4.78 is 2.59. The summed E-state index contributed by atoms with van der Waals surface area (Å²) in [6, 6.07) is 96.0. The van der Waals surface area contributed by atoms with Crippen molar-refractivity contribution in [2.24, 2.45) is 0 Å². The van der Waals surface area contributed by atoms with E-state index in [4.69, 9.17) is 0 Å². The Bertz CT molecular complexity index is 3180. The van der Waals surface area contributed by atoms with E-state index in [1.807, 2.05) is 11.3 Å². The van der Waals surface area contributed by atoms with Gasteiger partial charge >= 0.3 is 0 Å². The first-order chi connectivity index (χ1) is 31.2. The molecule has 1 heterocycles. The molecule has 0 atom stereocenters. The Morgan fingerprint density at radius 1 is 0.254 bits per heavy atom. The number of anilines is 3. The molecular formula is C60H43NSSi. The molecule has 0 radical (unpaired) electrons. The lowest BCUT2D eigenvalue weighted by Crippen LogP contribution is -2.74. The first-order valence-corrected chi connectivity index (χ1v) is 24.4. The second kappa shape index (κ2) is 16.7. The third-order valence-corrected chi connectivity index (χ3v) is 18.4. The van der Waals surface area contributed by atoms with Crippen LogP contribution >= 0.6 is 11.3 Å². The number of hydrogen-bond acceptors (Lipinski definition) is 2. The maximum Gasteiger partial charge on any atom is 0.179 e. The molecule has 0 fully saturated rings. The molecule has 10 aromatic carbocycles. The van der Waals surface area contributed by atoms with Gasteiger partial charge in [0.15, 0.2) is 8.07 Å². The van der Waals surface area contributed by atoms with Crippen molar-refractivity contribution in [2.75, 3.05) is 4.90 Å². The zero-order valence-corrected chi connectivity index (χ0v) is 36.5. The highest BCUT2D eigenvalue weighted by Gasteiger charge is 2.41. The fourth-order valence-electron chi connectivity index (χ4n) is 9.38. The van der Waals surface area contributed by atoms with Gasteiger partial charge in [-0.2, -0.15) is 0 Å². The minimum Gasteiger partial charge on any atom is -0.310 e. The molecule has 11 aromatic rings. The van der Waals surface area contributed by atoms with Crippen molar-refractivity contribution in [3.8, 4) is 33.4 Å². The van der Waals surface area contributed by atoms with Gasteiger partial charge < -0.3 is 4.90 Å². The molecular weight excluding hydrogens is 795 g/mol. The van der Waals surface area contributed by atoms with Crippen LogP contribution in [0.25, 0.3) is 53.6 Å². The fraction of sp³-hybridized carbons (Fsp3) is 0. The van der Waals surface area contributed by atoms with E-state index in [9.17, 15) is 0 Å². The smallest absolute Gasteiger partial charge is 0.179 e. The van der Waals surface area contributed by atoms with Crippen LogP contribution in [0.3, 0.4) is 0 Å². The van der Waals surface area contributed by atoms with Crippen LogP contribution < -0.4 is 25.6 Å². The van der Waals surface area contributed by atoms with Gasteiger partial charge in [0, 0.05) is 37.2 Å². The first kappa shape index (κ1) is 38.4. The minimum atomic E-state index is -2.61. The zero-order valence-electron chi connectivity index (χ0n) is 34.7. The molecule has 0 bridgehead atoms. The van der Waals surface area contributed by atoms with Gasteiger partial charge in [0.1, 0.15) is 0 Å². The maximum absolute atomic E-state index is 2.61. The van der Waals surface area contributed by atoms with Crippen molar-refractivity contribution in [1.82, 2.24) is 0 Å². The Morgan fingerprint density at radius 3 is 1.03 bits per heavy atom. The summed E-state index contributed by atoms with van der Waals surface area (Å²) in [6.07, 6.45) is 0. The van der Waals surface area contributed by atoms with E-state index in [-0.39, 0.29) is 0 Å². The number of hydrogen-bond donors (Lipinski definition) is 0. The van der Waals surface area contributed by atoms with Gasteiger partial charge in [-0.05, 0) is 109 Å². The van der Waals surface area contributed by atoms with Crippen LogP contribution in [0.5, 0.6) is 0 Å². The van der Waals surface area contributed by atoms with Gasteiger partial charge in [-0.25, -0.2) is 0 Å². The lowest BCUT2D eigenvalue weighted by atomic mass is 10.0. The topological polar surface area (TPSA) is 3.24 Å². The van der Waals surface area contributed by atoms with Gasteiger partial charge in [-0.3, -0.25) is 0 Å². The first-order valence-electron chi connectivity index (χ1n) is 21.6. The standard InChI is InChI=1S/C60H43NSSi/c1-6-16-44(17-7-1)46-26-33-50(34-27-46)61(52-37-41-60-58(43-52)57-42-49(32-40-59(57)62-60)45-18-8-2-9-19-45)51-35-28-47(29-36-51)48-30-38-56(39-31-48)63(53-20-10-3-11-21-53,54-22-12-4-13-23-54)55-24-14-5-15-25-55/h1-43H. The van der Waals surface area contributed by atoms with Crippen LogP contribution in [0.4, 0.5) is 17.1 Å². The summed E-state index contributed by atoms with van der Waals surface area (Å²) in [5, 5.41) is 8.05. The zero-order chi connectivity index (χ0) is 42.0. The molecule has 0 saturated heterocycles. The predicted molar refractivity (Wildman–Crippen MR) is 274 cm³/mol. The number of thiophene rings is 1. The van der Waals surface area contributed by atoms with Crippen molar-refractivity contribution >= 4 is 77.4 Å². The summed E-state index contributed by atoms with van der Waals surface area (Å²) in [6.45, 7) is 0. The third kappa shape index (κ3) is 7.17. The molecule has 0 aliphatic heterocycles. The molecule has 63 heavy (non-hydrogen) atoms. The normalized spacial score (nSPS) is 11.5. The third-order valence-electron chi connectivity index (χ3n) is 12.4. The number of fused-ring (bicyclic) bond motifs is 3. The average Bonchev–Trinajstić information content (AvgIpc) is 3.74. The van der Waals surface area contributed by atoms with E-state index in [1.165, 1.54) is 74.3 Å². The quantitative estimate of drug-likeness (QED) is 0.0980. The van der Waals surface area contributed by atoms with Gasteiger partial charge in [-0.15, -0.1) is 11.3 Å². The van der Waals surface area contributed by atoms with Gasteiger partial charge in [0.25, 0.3) is 0 Å². The second-order valence-electron chi connectivity index (χ2n) is 16.1. The van der Waals surface area contributed by atoms with Crippen molar-refractivity contribution in [3.63, 3.8) is 0 Å². The largest absolute Gasteiger partial charge is 0.310 e. The van der Waals surface area contributed by atoms with E-state index in [0.717, 1.165) is 17.1 Å². The van der Waals surface area contributed by atoms with Crippen molar-refractivity contribution in [3.05, 3.63) is 261 Å². The fourth-order valence-corrected chi connectivity index (χ4v) is 15.2. The summed E-state index contributed by atoms with van der Waals surface area (Å²) >= 11 is 1.86. The summed E-state index contributed by atoms with van der Waals surface area (Å²) in [7, 11) is -2.61. The van der Waals surface area contributed by atoms with Crippen LogP contribution in [0.15, 0.2) is 261 Å². The van der Waals surface area contributed by atoms with E-state index in [0.29, 0.717) is 0 Å². The molecule has 0 N–H and O–H groups in total. The summed E-state index contributed by atoms with van der Waals surface area (Å²) in [4.78, 5) is 2.39. The van der Waals surface area contributed by atoms with E-state index < -0.39 is 8.07 Å². The molecule has 0 saturated carbocycles. The van der Waals surface area contributed by atoms with Gasteiger partial charge in [-0.1, -0.05) is 206 Å². The van der Waals surface area contributed by atoms with Crippen LogP contribution in [0, 0.1) is 0 Å². The molecule has 1 nitrogen and oxygen atoms in total. The van der Waals surface area contributed by atoms with E-state index >= 15 is 0 Å². The number of rotatable bonds is 10. The molecule has 11 rings (SSSR count). The SMILES string of the molecule is c1ccc(-c2ccc(N(c3ccc(-c4ccc([Si](c5ccccc5)(c5ccccc5)c5ccccc5)cc4)cc3)c3ccc4sc5ccc(-c6ccccc6)cc5c4c3)cc2)cc1. The lowest BCUT2D eigenvalue weighted by Gasteiger charge is -2.34. The molecule has 1 aromatic heterocycles. The maximum atomic E-state index is 2.39. The number of benzene rings is 10. The molecule has 0 unspecified atom stereocenters. The minimum absolute atomic E-state index is 1.11. The van der Waals surface area contributed by atoms with Crippen LogP contribution in [-0.4, -0.2) is 8.07 Å². The van der Waals surface area contributed by atoms with E-state index in [2.05, 4.69) is 266 Å². The summed E-state index contributed by atoms with van der Waals surface area (Å²) in [5.41, 5.74) is 10.6. The Labute approximate surface area is 374 Å². The van der Waals surface area contributed by atoms with Gasteiger partial charge in [0.2, 0.25) is 0 Å². The molecule has 298 valence electrons. The van der Waals surface area contributed by atoms with Crippen molar-refractivity contribution in [1.29, 1.82) is 0 Å². The Balaban J connectivity index is 0.991. The highest BCUT2D eigenvalue weighted by molar-refractivity contribution is 7.25. The monoisotopic (exact) mass is 837 g/mol. The highest BCUT2D eigenvalue weighted by Crippen LogP contribution is 2.42. The van der Waals surface area contributed by atoms with Crippen molar-refractivity contribution < 1.29 is 0 Å². The van der Waals surface area contributed by atoms with Crippen molar-refractivity contribution in [2.45, 2.75) is 0 Å². The Hall–Kier alpha value is -7.56. The Kier molecular flexibility index (Phi) is 10.2. The molecule has 0 aliphatic rings. The predicted octanol–water partition coefficient (Wildman–Crippen LogP) is 13.9. The average molecular weight is 838 g/mol. The molecule has 0 spiro atoms. The molecule has 0 amide bonds. The second-order valence-corrected chi connectivity index (χ2v) is 21.0.